The quantitative estimate of drug-likeness (QED) is 0.790. The van der Waals surface area contributed by atoms with Crippen LogP contribution in [0.2, 0.25) is 0 Å². The van der Waals surface area contributed by atoms with E-state index in [1.54, 1.807) is 0 Å². The first-order chi connectivity index (χ1) is 9.72. The lowest BCUT2D eigenvalue weighted by molar-refractivity contribution is 0.195. The molecule has 0 amide bonds. The fourth-order valence-electron chi connectivity index (χ4n) is 3.82. The Labute approximate surface area is 125 Å². The first-order valence-electron chi connectivity index (χ1n) is 8.51. The molecule has 112 valence electrons. The molecule has 1 heteroatoms. The highest BCUT2D eigenvalue weighted by molar-refractivity contribution is 5.22. The number of benzene rings is 1. The van der Waals surface area contributed by atoms with Gasteiger partial charge in [0.1, 0.15) is 0 Å². The first-order valence-corrected chi connectivity index (χ1v) is 8.51. The summed E-state index contributed by atoms with van der Waals surface area (Å²) in [7, 11) is 0. The number of hydrogen-bond donors (Lipinski definition) is 1. The van der Waals surface area contributed by atoms with Crippen molar-refractivity contribution in [1.82, 2.24) is 5.32 Å². The van der Waals surface area contributed by atoms with Crippen LogP contribution in [0.4, 0.5) is 0 Å². The van der Waals surface area contributed by atoms with Gasteiger partial charge in [0, 0.05) is 6.04 Å². The zero-order valence-electron chi connectivity index (χ0n) is 13.5. The molecule has 0 aliphatic heterocycles. The Bertz CT molecular complexity index is 381. The molecule has 1 aliphatic carbocycles. The Hall–Kier alpha value is -0.820. The van der Waals surface area contributed by atoms with Crippen LogP contribution < -0.4 is 5.32 Å². The minimum Gasteiger partial charge on any atom is -0.314 e. The molecule has 2 rings (SSSR count). The van der Waals surface area contributed by atoms with Gasteiger partial charge in [-0.1, -0.05) is 56.5 Å². The van der Waals surface area contributed by atoms with E-state index in [0.29, 0.717) is 0 Å². The van der Waals surface area contributed by atoms with E-state index in [4.69, 9.17) is 0 Å². The van der Waals surface area contributed by atoms with Crippen molar-refractivity contribution in [3.8, 4) is 0 Å². The van der Waals surface area contributed by atoms with Crippen LogP contribution >= 0.6 is 0 Å². The van der Waals surface area contributed by atoms with Crippen LogP contribution in [0, 0.1) is 18.8 Å². The zero-order chi connectivity index (χ0) is 14.4. The molecule has 0 spiro atoms. The summed E-state index contributed by atoms with van der Waals surface area (Å²) in [5.74, 6) is 1.79. The molecule has 0 bridgehead atoms. The molecule has 1 aromatic rings. The fourth-order valence-corrected chi connectivity index (χ4v) is 3.82. The van der Waals surface area contributed by atoms with E-state index in [0.717, 1.165) is 24.4 Å². The molecule has 3 unspecified atom stereocenters. The SMILES string of the molecule is CCCC1CCC(NCC)C(Cc2ccc(C)cc2)C1. The van der Waals surface area contributed by atoms with E-state index in [2.05, 4.69) is 50.4 Å². The van der Waals surface area contributed by atoms with Crippen molar-refractivity contribution in [1.29, 1.82) is 0 Å². The van der Waals surface area contributed by atoms with Crippen molar-refractivity contribution in [3.05, 3.63) is 35.4 Å². The summed E-state index contributed by atoms with van der Waals surface area (Å²) in [6.45, 7) is 7.84. The number of aryl methyl sites for hydroxylation is 1. The molecule has 1 fully saturated rings. The Morgan fingerprint density at radius 1 is 1.10 bits per heavy atom. The van der Waals surface area contributed by atoms with E-state index in [-0.39, 0.29) is 0 Å². The first kappa shape index (κ1) is 15.6. The molecule has 0 saturated heterocycles. The zero-order valence-corrected chi connectivity index (χ0v) is 13.5. The van der Waals surface area contributed by atoms with E-state index in [1.807, 2.05) is 0 Å². The van der Waals surface area contributed by atoms with Crippen molar-refractivity contribution < 1.29 is 0 Å². The fraction of sp³-hybridized carbons (Fsp3) is 0.684. The normalized spacial score (nSPS) is 26.6. The molecule has 20 heavy (non-hydrogen) atoms. The summed E-state index contributed by atoms with van der Waals surface area (Å²) in [6.07, 6.45) is 8.22. The van der Waals surface area contributed by atoms with Gasteiger partial charge in [0.05, 0.1) is 0 Å². The van der Waals surface area contributed by atoms with Gasteiger partial charge >= 0.3 is 0 Å². The summed E-state index contributed by atoms with van der Waals surface area (Å²) >= 11 is 0. The third-order valence-electron chi connectivity index (χ3n) is 4.87. The third kappa shape index (κ3) is 4.34. The molecule has 1 N–H and O–H groups in total. The monoisotopic (exact) mass is 273 g/mol. The van der Waals surface area contributed by atoms with Crippen molar-refractivity contribution in [2.45, 2.75) is 65.3 Å². The molecule has 3 atom stereocenters. The maximum Gasteiger partial charge on any atom is 0.00985 e. The minimum absolute atomic E-state index is 0.731. The lowest BCUT2D eigenvalue weighted by Gasteiger charge is -2.37. The van der Waals surface area contributed by atoms with Crippen LogP contribution in [0.25, 0.3) is 0 Å². The van der Waals surface area contributed by atoms with Crippen LogP contribution in [-0.4, -0.2) is 12.6 Å². The van der Waals surface area contributed by atoms with Gasteiger partial charge in [-0.3, -0.25) is 0 Å². The molecule has 1 saturated carbocycles. The van der Waals surface area contributed by atoms with Crippen LogP contribution in [0.1, 0.15) is 57.1 Å². The van der Waals surface area contributed by atoms with Crippen molar-refractivity contribution in [2.24, 2.45) is 11.8 Å². The maximum absolute atomic E-state index is 3.73. The second-order valence-electron chi connectivity index (χ2n) is 6.58. The molecule has 0 heterocycles. The van der Waals surface area contributed by atoms with Gasteiger partial charge in [0.15, 0.2) is 0 Å². The van der Waals surface area contributed by atoms with Gasteiger partial charge in [-0.15, -0.1) is 0 Å². The number of nitrogens with one attached hydrogen (secondary N) is 1. The largest absolute Gasteiger partial charge is 0.314 e. The van der Waals surface area contributed by atoms with E-state index >= 15 is 0 Å². The topological polar surface area (TPSA) is 12.0 Å². The van der Waals surface area contributed by atoms with E-state index in [1.165, 1.54) is 49.7 Å². The van der Waals surface area contributed by atoms with Gasteiger partial charge in [0.2, 0.25) is 0 Å². The molecule has 0 radical (unpaired) electrons. The minimum atomic E-state index is 0.731. The lowest BCUT2D eigenvalue weighted by atomic mass is 9.74. The van der Waals surface area contributed by atoms with Gasteiger partial charge in [-0.25, -0.2) is 0 Å². The maximum atomic E-state index is 3.73. The summed E-state index contributed by atoms with van der Waals surface area (Å²) in [5.41, 5.74) is 2.88. The van der Waals surface area contributed by atoms with Crippen molar-refractivity contribution >= 4 is 0 Å². The number of rotatable bonds is 6. The standard InChI is InChI=1S/C19H31N/c1-4-6-16-11-12-19(20-5-2)18(13-16)14-17-9-7-15(3)8-10-17/h7-10,16,18-20H,4-6,11-14H2,1-3H3. The van der Waals surface area contributed by atoms with E-state index < -0.39 is 0 Å². The summed E-state index contributed by atoms with van der Waals surface area (Å²) in [4.78, 5) is 0. The van der Waals surface area contributed by atoms with E-state index in [9.17, 15) is 0 Å². The highest BCUT2D eigenvalue weighted by Crippen LogP contribution is 2.34. The molecular weight excluding hydrogens is 242 g/mol. The lowest BCUT2D eigenvalue weighted by Crippen LogP contribution is -2.41. The van der Waals surface area contributed by atoms with Crippen molar-refractivity contribution in [3.63, 3.8) is 0 Å². The summed E-state index contributed by atoms with van der Waals surface area (Å²) in [6, 6.07) is 9.88. The second kappa shape index (κ2) is 7.83. The summed E-state index contributed by atoms with van der Waals surface area (Å²) < 4.78 is 0. The second-order valence-corrected chi connectivity index (χ2v) is 6.58. The van der Waals surface area contributed by atoms with Crippen molar-refractivity contribution in [2.75, 3.05) is 6.54 Å². The Morgan fingerprint density at radius 2 is 1.85 bits per heavy atom. The van der Waals surface area contributed by atoms with Crippen LogP contribution in [0.5, 0.6) is 0 Å². The highest BCUT2D eigenvalue weighted by Gasteiger charge is 2.29. The summed E-state index contributed by atoms with van der Waals surface area (Å²) in [5, 5.41) is 3.73. The molecular formula is C19H31N. The van der Waals surface area contributed by atoms with Crippen LogP contribution in [0.15, 0.2) is 24.3 Å². The number of hydrogen-bond acceptors (Lipinski definition) is 1. The van der Waals surface area contributed by atoms with Gasteiger partial charge in [-0.05, 0) is 56.6 Å². The molecule has 0 aromatic heterocycles. The van der Waals surface area contributed by atoms with Crippen LogP contribution in [-0.2, 0) is 6.42 Å². The predicted octanol–water partition coefficient (Wildman–Crippen LogP) is 4.73. The smallest absolute Gasteiger partial charge is 0.00985 e. The third-order valence-corrected chi connectivity index (χ3v) is 4.87. The highest BCUT2D eigenvalue weighted by atomic mass is 14.9. The average molecular weight is 273 g/mol. The van der Waals surface area contributed by atoms with Gasteiger partial charge in [0.25, 0.3) is 0 Å². The Kier molecular flexibility index (Phi) is 6.09. The van der Waals surface area contributed by atoms with Gasteiger partial charge in [-0.2, -0.15) is 0 Å². The molecule has 1 nitrogen and oxygen atoms in total. The average Bonchev–Trinajstić information content (AvgIpc) is 2.45. The van der Waals surface area contributed by atoms with Gasteiger partial charge < -0.3 is 5.32 Å². The molecule has 1 aromatic carbocycles. The Balaban J connectivity index is 2.00. The molecule has 1 aliphatic rings. The predicted molar refractivity (Wildman–Crippen MR) is 88.1 cm³/mol. The Morgan fingerprint density at radius 3 is 2.50 bits per heavy atom. The van der Waals surface area contributed by atoms with Crippen LogP contribution in [0.3, 0.4) is 0 Å².